The van der Waals surface area contributed by atoms with Gasteiger partial charge in [-0.05, 0) is 13.0 Å². The molecule has 15 heteroatoms. The van der Waals surface area contributed by atoms with Gasteiger partial charge in [0.05, 0.1) is 5.56 Å². The molecule has 182 valence electrons. The molecule has 0 aromatic carbocycles. The van der Waals surface area contributed by atoms with Gasteiger partial charge in [-0.1, -0.05) is 0 Å². The Labute approximate surface area is 199 Å². The van der Waals surface area contributed by atoms with E-state index < -0.39 is 17.9 Å². The number of halogens is 3. The Morgan fingerprint density at radius 3 is 2.51 bits per heavy atom. The minimum Gasteiger partial charge on any atom is -0.711 e. The lowest BCUT2D eigenvalue weighted by atomic mass is 10.0. The zero-order chi connectivity index (χ0) is 25.3. The minimum atomic E-state index is -4.68. The van der Waals surface area contributed by atoms with Crippen molar-refractivity contribution >= 4 is 23.2 Å². The van der Waals surface area contributed by atoms with E-state index in [0.717, 1.165) is 24.0 Å². The maximum absolute atomic E-state index is 13.2. The van der Waals surface area contributed by atoms with Crippen LogP contribution in [0.15, 0.2) is 40.5 Å². The number of nitrogens with one attached hydrogen (secondary N) is 2. The fourth-order valence-electron chi connectivity index (χ4n) is 3.11. The first-order valence-electron chi connectivity index (χ1n) is 9.95. The maximum Gasteiger partial charge on any atom is 0.434 e. The SMILES string of the molecule is CCNC(=O)Nc1cc(-c2nc(C(F)(F)F)cs2)c(-c2cc(-c3nnc(C)o3)c[n+]([O-])c2)c[n+]1[O-]. The number of alkyl halides is 3. The van der Waals surface area contributed by atoms with Crippen molar-refractivity contribution in [3.05, 3.63) is 58.1 Å². The topological polar surface area (TPSA) is 147 Å². The Bertz CT molecular complexity index is 1400. The van der Waals surface area contributed by atoms with Crippen molar-refractivity contribution in [2.24, 2.45) is 0 Å². The number of hydrogen-bond acceptors (Lipinski definition) is 8. The molecule has 4 aromatic rings. The highest BCUT2D eigenvalue weighted by Crippen LogP contribution is 2.38. The third-order valence-electron chi connectivity index (χ3n) is 4.59. The van der Waals surface area contributed by atoms with Crippen molar-refractivity contribution in [2.75, 3.05) is 11.9 Å². The first kappa shape index (κ1) is 23.9. The number of carbonyl (C=O) groups is 1. The summed E-state index contributed by atoms with van der Waals surface area (Å²) in [6.45, 7) is 3.51. The molecule has 0 unspecified atom stereocenters. The van der Waals surface area contributed by atoms with Crippen LogP contribution in [0.2, 0.25) is 0 Å². The van der Waals surface area contributed by atoms with Crippen molar-refractivity contribution in [3.63, 3.8) is 0 Å². The van der Waals surface area contributed by atoms with Crippen LogP contribution in [0.25, 0.3) is 33.2 Å². The zero-order valence-electron chi connectivity index (χ0n) is 18.1. The quantitative estimate of drug-likeness (QED) is 0.311. The van der Waals surface area contributed by atoms with Gasteiger partial charge in [0.25, 0.3) is 11.7 Å². The van der Waals surface area contributed by atoms with E-state index in [-0.39, 0.29) is 51.4 Å². The van der Waals surface area contributed by atoms with E-state index in [9.17, 15) is 28.4 Å². The van der Waals surface area contributed by atoms with E-state index >= 15 is 0 Å². The molecular weight excluding hydrogens is 491 g/mol. The Kier molecular flexibility index (Phi) is 6.26. The second-order valence-corrected chi connectivity index (χ2v) is 7.99. The fourth-order valence-corrected chi connectivity index (χ4v) is 3.97. The predicted molar refractivity (Wildman–Crippen MR) is 117 cm³/mol. The first-order valence-corrected chi connectivity index (χ1v) is 10.8. The number of aryl methyl sites for hydroxylation is 1. The molecular formula is C20H16F3N7O4S. The lowest BCUT2D eigenvalue weighted by Crippen LogP contribution is -2.37. The minimum absolute atomic E-state index is 0.0358. The lowest BCUT2D eigenvalue weighted by Gasteiger charge is -2.14. The highest BCUT2D eigenvalue weighted by atomic mass is 32.1. The number of aromatic nitrogens is 5. The molecule has 4 rings (SSSR count). The van der Waals surface area contributed by atoms with Crippen molar-refractivity contribution in [1.82, 2.24) is 20.5 Å². The van der Waals surface area contributed by atoms with E-state index in [1.165, 1.54) is 12.1 Å². The molecule has 4 heterocycles. The second kappa shape index (κ2) is 9.17. The van der Waals surface area contributed by atoms with Crippen LogP contribution in [0.4, 0.5) is 23.8 Å². The first-order chi connectivity index (χ1) is 16.5. The summed E-state index contributed by atoms with van der Waals surface area (Å²) < 4.78 is 45.7. The van der Waals surface area contributed by atoms with Crippen molar-refractivity contribution in [3.8, 4) is 33.2 Å². The summed E-state index contributed by atoms with van der Waals surface area (Å²) in [6, 6.07) is 1.97. The zero-order valence-corrected chi connectivity index (χ0v) is 18.9. The Morgan fingerprint density at radius 1 is 1.14 bits per heavy atom. The molecule has 0 aliphatic rings. The molecule has 0 saturated carbocycles. The van der Waals surface area contributed by atoms with Gasteiger partial charge in [0.2, 0.25) is 5.89 Å². The summed E-state index contributed by atoms with van der Waals surface area (Å²) in [4.78, 5) is 15.6. The number of thiazole rings is 1. The number of urea groups is 1. The van der Waals surface area contributed by atoms with Crippen LogP contribution >= 0.6 is 11.3 Å². The number of anilines is 1. The van der Waals surface area contributed by atoms with Crippen molar-refractivity contribution < 1.29 is 31.8 Å². The van der Waals surface area contributed by atoms with Gasteiger partial charge in [0.15, 0.2) is 18.1 Å². The number of pyridine rings is 2. The van der Waals surface area contributed by atoms with E-state index in [0.29, 0.717) is 20.8 Å². The molecule has 0 spiro atoms. The van der Waals surface area contributed by atoms with Gasteiger partial charge in [-0.2, -0.15) is 23.2 Å². The lowest BCUT2D eigenvalue weighted by molar-refractivity contribution is -0.604. The van der Waals surface area contributed by atoms with Gasteiger partial charge in [-0.25, -0.2) is 14.5 Å². The summed E-state index contributed by atoms with van der Waals surface area (Å²) in [7, 11) is 0. The molecule has 0 radical (unpaired) electrons. The maximum atomic E-state index is 13.2. The van der Waals surface area contributed by atoms with E-state index in [2.05, 4.69) is 25.8 Å². The van der Waals surface area contributed by atoms with Crippen molar-refractivity contribution in [2.45, 2.75) is 20.0 Å². The van der Waals surface area contributed by atoms with E-state index in [1.54, 1.807) is 13.8 Å². The molecule has 11 nitrogen and oxygen atoms in total. The van der Waals surface area contributed by atoms with Crippen LogP contribution in [0, 0.1) is 17.3 Å². The number of nitrogens with zero attached hydrogens (tertiary/aromatic N) is 5. The van der Waals surface area contributed by atoms with Crippen LogP contribution in [-0.4, -0.2) is 27.8 Å². The smallest absolute Gasteiger partial charge is 0.434 e. The fraction of sp³-hybridized carbons (Fsp3) is 0.200. The van der Waals surface area contributed by atoms with Gasteiger partial charge in [-0.15, -0.1) is 21.5 Å². The number of hydrogen-bond donors (Lipinski definition) is 2. The number of rotatable bonds is 5. The summed E-state index contributed by atoms with van der Waals surface area (Å²) >= 11 is 0.694. The van der Waals surface area contributed by atoms with Gasteiger partial charge in [0.1, 0.15) is 16.8 Å². The molecule has 2 amide bonds. The highest BCUT2D eigenvalue weighted by molar-refractivity contribution is 7.13. The predicted octanol–water partition coefficient (Wildman–Crippen LogP) is 3.26. The van der Waals surface area contributed by atoms with Crippen molar-refractivity contribution in [1.29, 1.82) is 0 Å². The molecule has 0 aliphatic heterocycles. The van der Waals surface area contributed by atoms with Crippen LogP contribution in [0.5, 0.6) is 0 Å². The summed E-state index contributed by atoms with van der Waals surface area (Å²) in [5, 5.41) is 38.1. The highest BCUT2D eigenvalue weighted by Gasteiger charge is 2.34. The van der Waals surface area contributed by atoms with Crippen LogP contribution in [-0.2, 0) is 6.18 Å². The molecule has 0 saturated heterocycles. The molecule has 0 fully saturated rings. The molecule has 0 bridgehead atoms. The summed E-state index contributed by atoms with van der Waals surface area (Å²) in [5.41, 5.74) is -0.549. The Hall–Kier alpha value is -4.27. The molecule has 35 heavy (non-hydrogen) atoms. The number of amides is 2. The van der Waals surface area contributed by atoms with E-state index in [4.69, 9.17) is 4.42 Å². The normalized spacial score (nSPS) is 11.5. The Balaban J connectivity index is 1.89. The van der Waals surface area contributed by atoms with Gasteiger partial charge in [0, 0.05) is 36.0 Å². The summed E-state index contributed by atoms with van der Waals surface area (Å²) in [6.07, 6.45) is -1.36. The van der Waals surface area contributed by atoms with Crippen LogP contribution < -0.4 is 20.1 Å². The van der Waals surface area contributed by atoms with Crippen LogP contribution in [0.1, 0.15) is 18.5 Å². The monoisotopic (exact) mass is 507 g/mol. The van der Waals surface area contributed by atoms with Gasteiger partial charge >= 0.3 is 12.2 Å². The Morgan fingerprint density at radius 2 is 1.89 bits per heavy atom. The molecule has 0 atom stereocenters. The third kappa shape index (κ3) is 5.13. The van der Waals surface area contributed by atoms with E-state index in [1.807, 2.05) is 0 Å². The van der Waals surface area contributed by atoms with Gasteiger partial charge < -0.3 is 20.1 Å². The third-order valence-corrected chi connectivity index (χ3v) is 5.46. The molecule has 0 aliphatic carbocycles. The standard InChI is InChI=1S/C20H16F3N7O4S/c1-3-24-19(31)26-16-5-13(18-25-15(9-35-18)20(21,22)23)14(8-30(16)33)11-4-12(7-29(32)6-11)17-28-27-10(2)34-17/h4-9H,3H2,1-2H3,(H2,24,26,31). The average Bonchev–Trinajstić information content (AvgIpc) is 3.44. The van der Waals surface area contributed by atoms with Crippen LogP contribution in [0.3, 0.4) is 0 Å². The molecule has 2 N–H and O–H groups in total. The second-order valence-electron chi connectivity index (χ2n) is 7.13. The van der Waals surface area contributed by atoms with Gasteiger partial charge in [-0.3, -0.25) is 0 Å². The number of carbonyl (C=O) groups excluding carboxylic acids is 1. The average molecular weight is 507 g/mol. The summed E-state index contributed by atoms with van der Waals surface area (Å²) in [5.74, 6) is 0.0370. The molecule has 4 aromatic heterocycles. The largest absolute Gasteiger partial charge is 0.711 e.